The van der Waals surface area contributed by atoms with E-state index < -0.39 is 14.6 Å². The van der Waals surface area contributed by atoms with Crippen LogP contribution in [0.15, 0.2) is 34.2 Å². The van der Waals surface area contributed by atoms with Crippen LogP contribution in [-0.2, 0) is 25.8 Å². The Labute approximate surface area is 212 Å². The molecule has 4 atom stereocenters. The fraction of sp³-hybridized carbons (Fsp3) is 0.654. The van der Waals surface area contributed by atoms with Gasteiger partial charge in [0.15, 0.2) is 15.0 Å². The number of fused-ring (bicyclic) bond motifs is 2. The molecule has 1 N–H and O–H groups in total. The van der Waals surface area contributed by atoms with Crippen molar-refractivity contribution in [3.8, 4) is 0 Å². The van der Waals surface area contributed by atoms with E-state index in [1.807, 2.05) is 11.8 Å². The average Bonchev–Trinajstić information content (AvgIpc) is 3.52. The predicted octanol–water partition coefficient (Wildman–Crippen LogP) is 3.43. The van der Waals surface area contributed by atoms with Crippen molar-refractivity contribution in [2.24, 2.45) is 22.7 Å². The van der Waals surface area contributed by atoms with Gasteiger partial charge in [-0.05, 0) is 80.9 Å². The maximum absolute atomic E-state index is 13.0. The Kier molecular flexibility index (Phi) is 6.76. The van der Waals surface area contributed by atoms with E-state index in [9.17, 15) is 18.0 Å². The lowest BCUT2D eigenvalue weighted by Gasteiger charge is -2.38. The van der Waals surface area contributed by atoms with Gasteiger partial charge in [-0.25, -0.2) is 8.42 Å². The van der Waals surface area contributed by atoms with Crippen LogP contribution in [0.1, 0.15) is 57.4 Å². The smallest absolute Gasteiger partial charge is 0.242 e. The van der Waals surface area contributed by atoms with Crippen molar-refractivity contribution in [2.45, 2.75) is 74.0 Å². The van der Waals surface area contributed by atoms with Gasteiger partial charge in [-0.2, -0.15) is 0 Å². The van der Waals surface area contributed by atoms with Crippen molar-refractivity contribution in [3.63, 3.8) is 0 Å². The molecule has 7 nitrogen and oxygen atoms in total. The third kappa shape index (κ3) is 5.17. The third-order valence-corrected chi connectivity index (χ3v) is 11.0. The fourth-order valence-electron chi connectivity index (χ4n) is 6.33. The number of piperidine rings is 1. The number of sulfone groups is 1. The Morgan fingerprint density at radius 2 is 1.86 bits per heavy atom. The second kappa shape index (κ2) is 9.54. The van der Waals surface area contributed by atoms with Gasteiger partial charge in [0.05, 0.1) is 10.9 Å². The van der Waals surface area contributed by atoms with Crippen LogP contribution in [0.25, 0.3) is 0 Å². The third-order valence-electron chi connectivity index (χ3n) is 8.57. The molecule has 35 heavy (non-hydrogen) atoms. The van der Waals surface area contributed by atoms with Gasteiger partial charge in [0, 0.05) is 25.8 Å². The van der Waals surface area contributed by atoms with Gasteiger partial charge < -0.3 is 10.2 Å². The summed E-state index contributed by atoms with van der Waals surface area (Å²) < 4.78 is 22.7. The predicted molar refractivity (Wildman–Crippen MR) is 138 cm³/mol. The number of nitrogens with one attached hydrogen (secondary N) is 1. The van der Waals surface area contributed by atoms with Gasteiger partial charge in [0.1, 0.15) is 4.75 Å². The first kappa shape index (κ1) is 24.8. The summed E-state index contributed by atoms with van der Waals surface area (Å²) in [6, 6.07) is 7.13. The molecule has 1 unspecified atom stereocenters. The highest BCUT2D eigenvalue weighted by Gasteiger charge is 2.50. The molecule has 2 heterocycles. The summed E-state index contributed by atoms with van der Waals surface area (Å²) in [5.74, 6) is 1.92. The minimum absolute atomic E-state index is 0.0618. The van der Waals surface area contributed by atoms with E-state index in [2.05, 4.69) is 5.32 Å². The molecule has 2 saturated carbocycles. The molecule has 2 aliphatic carbocycles. The van der Waals surface area contributed by atoms with Crippen molar-refractivity contribution >= 4 is 38.6 Å². The number of likely N-dealkylation sites (tertiary alicyclic amines) is 1. The second-order valence-corrected chi connectivity index (χ2v) is 14.4. The molecular formula is C26H35N3O4S2. The zero-order chi connectivity index (χ0) is 24.8. The van der Waals surface area contributed by atoms with E-state index in [1.165, 1.54) is 31.9 Å². The summed E-state index contributed by atoms with van der Waals surface area (Å²) in [5, 5.41) is 3.87. The van der Waals surface area contributed by atoms with Gasteiger partial charge in [0.2, 0.25) is 11.8 Å². The Morgan fingerprint density at radius 1 is 1.14 bits per heavy atom. The Hall–Kier alpha value is -1.87. The first-order valence-electron chi connectivity index (χ1n) is 12.8. The fourth-order valence-corrected chi connectivity index (χ4v) is 8.24. The molecule has 2 bridgehead atoms. The van der Waals surface area contributed by atoms with Crippen LogP contribution in [0.4, 0.5) is 0 Å². The Morgan fingerprint density at radius 3 is 2.46 bits per heavy atom. The maximum Gasteiger partial charge on any atom is 0.242 e. The largest absolute Gasteiger partial charge is 0.343 e. The van der Waals surface area contributed by atoms with Crippen molar-refractivity contribution in [1.82, 2.24) is 10.2 Å². The lowest BCUT2D eigenvalue weighted by molar-refractivity contribution is -0.132. The normalized spacial score (nSPS) is 32.4. The van der Waals surface area contributed by atoms with Crippen molar-refractivity contribution < 1.29 is 18.0 Å². The van der Waals surface area contributed by atoms with Crippen LogP contribution < -0.4 is 5.32 Å². The lowest BCUT2D eigenvalue weighted by atomic mass is 9.84. The molecule has 0 aromatic heterocycles. The van der Waals surface area contributed by atoms with Crippen LogP contribution in [-0.4, -0.2) is 60.4 Å². The summed E-state index contributed by atoms with van der Waals surface area (Å²) in [6.07, 6.45) is 8.89. The number of nitrogens with zero attached hydrogens (tertiary/aromatic N) is 2. The van der Waals surface area contributed by atoms with Gasteiger partial charge >= 0.3 is 0 Å². The zero-order valence-corrected chi connectivity index (χ0v) is 22.2. The second-order valence-electron chi connectivity index (χ2n) is 10.9. The summed E-state index contributed by atoms with van der Waals surface area (Å²) in [6.45, 7) is 3.37. The summed E-state index contributed by atoms with van der Waals surface area (Å²) >= 11 is 1.60. The number of hydrogen-bond donors (Lipinski definition) is 1. The number of aryl methyl sites for hydroxylation is 1. The number of carbonyl (C=O) groups is 2. The van der Waals surface area contributed by atoms with Crippen molar-refractivity contribution in [1.29, 1.82) is 0 Å². The molecular weight excluding hydrogens is 482 g/mol. The molecule has 0 spiro atoms. The molecule has 2 saturated heterocycles. The highest BCUT2D eigenvalue weighted by Crippen LogP contribution is 2.48. The van der Waals surface area contributed by atoms with E-state index in [1.54, 1.807) is 36.0 Å². The van der Waals surface area contributed by atoms with Crippen LogP contribution >= 0.6 is 11.8 Å². The molecule has 2 aliphatic heterocycles. The number of amidine groups is 1. The van der Waals surface area contributed by atoms with E-state index >= 15 is 0 Å². The Balaban J connectivity index is 1.12. The topological polar surface area (TPSA) is 95.9 Å². The Bertz CT molecular complexity index is 1130. The molecule has 0 radical (unpaired) electrons. The van der Waals surface area contributed by atoms with Gasteiger partial charge in [-0.15, -0.1) is 0 Å². The zero-order valence-electron chi connectivity index (χ0n) is 20.5. The summed E-state index contributed by atoms with van der Waals surface area (Å²) in [4.78, 5) is 32.9. The minimum Gasteiger partial charge on any atom is -0.343 e. The molecule has 9 heteroatoms. The molecule has 190 valence electrons. The number of thioether (sulfide) groups is 1. The first-order chi connectivity index (χ1) is 16.6. The highest BCUT2D eigenvalue weighted by molar-refractivity contribution is 8.16. The van der Waals surface area contributed by atoms with E-state index in [0.717, 1.165) is 29.5 Å². The quantitative estimate of drug-likeness (QED) is 0.624. The number of rotatable bonds is 6. The van der Waals surface area contributed by atoms with E-state index in [0.29, 0.717) is 42.8 Å². The van der Waals surface area contributed by atoms with E-state index in [-0.39, 0.29) is 17.7 Å². The first-order valence-corrected chi connectivity index (χ1v) is 15.5. The van der Waals surface area contributed by atoms with Crippen LogP contribution in [0.5, 0.6) is 0 Å². The monoisotopic (exact) mass is 517 g/mol. The minimum atomic E-state index is -3.21. The van der Waals surface area contributed by atoms with Crippen molar-refractivity contribution in [2.75, 3.05) is 19.3 Å². The van der Waals surface area contributed by atoms with Crippen LogP contribution in [0.2, 0.25) is 0 Å². The molecule has 4 fully saturated rings. The number of hydrogen-bond acceptors (Lipinski definition) is 6. The number of amides is 2. The molecule has 1 aromatic rings. The highest BCUT2D eigenvalue weighted by atomic mass is 32.2. The van der Waals surface area contributed by atoms with Gasteiger partial charge in [-0.3, -0.25) is 14.6 Å². The number of aliphatic imine (C=N–C) groups is 1. The average molecular weight is 518 g/mol. The SMILES string of the molecule is CC1(C2CCN(C(=O)CCc3ccc(S(C)(=O)=O)cc3)CC2)SC(=N[C@H]2C[C@H]3CC[C@H]2C3)NC1=O. The van der Waals surface area contributed by atoms with Crippen LogP contribution in [0.3, 0.4) is 0 Å². The molecule has 5 rings (SSSR count). The molecule has 2 amide bonds. The maximum atomic E-state index is 13.0. The van der Waals surface area contributed by atoms with Gasteiger partial charge in [0.25, 0.3) is 0 Å². The standard InChI is InChI=1S/C26H35N3O4S2/c1-26(24(31)28-25(34-26)27-22-16-18-3-7-19(22)15-18)20-11-13-29(14-12-20)23(30)10-6-17-4-8-21(9-5-17)35(2,32)33/h4-5,8-9,18-20,22H,3,6-7,10-16H2,1-2H3,(H,27,28,31)/t18-,19-,22-,26?/m0/s1. The molecule has 4 aliphatic rings. The lowest BCUT2D eigenvalue weighted by Crippen LogP contribution is -2.47. The number of benzene rings is 1. The van der Waals surface area contributed by atoms with Crippen LogP contribution in [0, 0.1) is 17.8 Å². The van der Waals surface area contributed by atoms with Gasteiger partial charge in [-0.1, -0.05) is 30.3 Å². The van der Waals surface area contributed by atoms with E-state index in [4.69, 9.17) is 4.99 Å². The van der Waals surface area contributed by atoms with Crippen molar-refractivity contribution in [3.05, 3.63) is 29.8 Å². The number of carbonyl (C=O) groups excluding carboxylic acids is 2. The summed E-state index contributed by atoms with van der Waals surface area (Å²) in [7, 11) is -3.21. The molecule has 1 aromatic carbocycles. The summed E-state index contributed by atoms with van der Waals surface area (Å²) in [5.41, 5.74) is 0.953.